The lowest BCUT2D eigenvalue weighted by molar-refractivity contribution is 0.185. The minimum absolute atomic E-state index is 0.247. The van der Waals surface area contributed by atoms with Crippen LogP contribution in [0.2, 0.25) is 0 Å². The quantitative estimate of drug-likeness (QED) is 0.870. The Balaban J connectivity index is 2.63. The maximum Gasteiger partial charge on any atom is 0.137 e. The van der Waals surface area contributed by atoms with Crippen LogP contribution in [0, 0.1) is 5.82 Å². The third-order valence-corrected chi connectivity index (χ3v) is 2.48. The molecule has 0 fully saturated rings. The van der Waals surface area contributed by atoms with E-state index in [0.717, 1.165) is 5.56 Å². The topological polar surface area (TPSA) is 20.2 Å². The van der Waals surface area contributed by atoms with Crippen molar-refractivity contribution in [1.29, 1.82) is 0 Å². The number of halogens is 2. The van der Waals surface area contributed by atoms with Crippen LogP contribution in [0.1, 0.15) is 18.9 Å². The van der Waals surface area contributed by atoms with Gasteiger partial charge in [0, 0.05) is 0 Å². The molecular formula is C10H12BrFO. The van der Waals surface area contributed by atoms with Gasteiger partial charge in [0.2, 0.25) is 0 Å². The van der Waals surface area contributed by atoms with Crippen molar-refractivity contribution >= 4 is 15.9 Å². The molecule has 0 unspecified atom stereocenters. The molecule has 0 heterocycles. The number of hydrogen-bond donors (Lipinski definition) is 1. The van der Waals surface area contributed by atoms with Crippen LogP contribution < -0.4 is 0 Å². The average Bonchev–Trinajstić information content (AvgIpc) is 2.07. The summed E-state index contributed by atoms with van der Waals surface area (Å²) in [5.74, 6) is -0.247. The first-order valence-electron chi connectivity index (χ1n) is 4.21. The summed E-state index contributed by atoms with van der Waals surface area (Å²) in [6, 6.07) is 5.04. The van der Waals surface area contributed by atoms with Gasteiger partial charge in [0.15, 0.2) is 0 Å². The summed E-state index contributed by atoms with van der Waals surface area (Å²) >= 11 is 3.08. The van der Waals surface area contributed by atoms with Gasteiger partial charge in [-0.3, -0.25) is 0 Å². The van der Waals surface area contributed by atoms with Crippen molar-refractivity contribution in [2.24, 2.45) is 0 Å². The zero-order valence-electron chi connectivity index (χ0n) is 7.43. The molecule has 1 atom stereocenters. The molecule has 1 nitrogen and oxygen atoms in total. The Bertz CT molecular complexity index is 286. The molecule has 1 N–H and O–H groups in total. The summed E-state index contributed by atoms with van der Waals surface area (Å²) < 4.78 is 13.5. The Morgan fingerprint density at radius 1 is 1.54 bits per heavy atom. The molecule has 0 aliphatic carbocycles. The summed E-state index contributed by atoms with van der Waals surface area (Å²) in [4.78, 5) is 0. The number of hydrogen-bond acceptors (Lipinski definition) is 1. The second kappa shape index (κ2) is 4.72. The molecule has 1 rings (SSSR count). The summed E-state index contributed by atoms with van der Waals surface area (Å²) in [5, 5.41) is 9.03. The zero-order chi connectivity index (χ0) is 9.84. The first-order valence-corrected chi connectivity index (χ1v) is 5.01. The van der Waals surface area contributed by atoms with E-state index in [1.54, 1.807) is 13.0 Å². The van der Waals surface area contributed by atoms with E-state index in [9.17, 15) is 4.39 Å². The van der Waals surface area contributed by atoms with Gasteiger partial charge in [0.25, 0.3) is 0 Å². The molecule has 13 heavy (non-hydrogen) atoms. The van der Waals surface area contributed by atoms with Gasteiger partial charge in [-0.05, 0) is 53.4 Å². The highest BCUT2D eigenvalue weighted by Gasteiger charge is 2.02. The van der Waals surface area contributed by atoms with Gasteiger partial charge < -0.3 is 5.11 Å². The third kappa shape index (κ3) is 3.44. The first-order chi connectivity index (χ1) is 6.09. The summed E-state index contributed by atoms with van der Waals surface area (Å²) in [7, 11) is 0. The maximum absolute atomic E-state index is 13.0. The molecule has 3 heteroatoms. The van der Waals surface area contributed by atoms with E-state index in [-0.39, 0.29) is 11.9 Å². The average molecular weight is 247 g/mol. The van der Waals surface area contributed by atoms with Crippen LogP contribution in [0.5, 0.6) is 0 Å². The van der Waals surface area contributed by atoms with Crippen molar-refractivity contribution in [3.05, 3.63) is 34.1 Å². The van der Waals surface area contributed by atoms with Crippen molar-refractivity contribution in [2.45, 2.75) is 25.9 Å². The fourth-order valence-electron chi connectivity index (χ4n) is 1.07. The standard InChI is InChI=1S/C10H12BrFO/c1-7(13)2-3-8-4-5-9(11)10(12)6-8/h4-7,13H,2-3H2,1H3/t7-/m0/s1. The number of aryl methyl sites for hydroxylation is 1. The van der Waals surface area contributed by atoms with Crippen LogP contribution in [0.25, 0.3) is 0 Å². The van der Waals surface area contributed by atoms with Crippen LogP contribution in [-0.4, -0.2) is 11.2 Å². The largest absolute Gasteiger partial charge is 0.393 e. The minimum atomic E-state index is -0.327. The Morgan fingerprint density at radius 3 is 2.77 bits per heavy atom. The Kier molecular flexibility index (Phi) is 3.88. The lowest BCUT2D eigenvalue weighted by Crippen LogP contribution is -2.01. The Morgan fingerprint density at radius 2 is 2.23 bits per heavy atom. The van der Waals surface area contributed by atoms with E-state index in [1.807, 2.05) is 6.07 Å². The zero-order valence-corrected chi connectivity index (χ0v) is 9.01. The Hall–Kier alpha value is -0.410. The number of aliphatic hydroxyl groups excluding tert-OH is 1. The normalized spacial score (nSPS) is 12.9. The molecule has 0 aliphatic heterocycles. The molecule has 0 amide bonds. The monoisotopic (exact) mass is 246 g/mol. The molecule has 0 aliphatic rings. The van der Waals surface area contributed by atoms with Gasteiger partial charge in [0.05, 0.1) is 10.6 Å². The maximum atomic E-state index is 13.0. The Labute approximate surface area is 85.7 Å². The van der Waals surface area contributed by atoms with Gasteiger partial charge in [-0.1, -0.05) is 6.07 Å². The molecule has 72 valence electrons. The summed E-state index contributed by atoms with van der Waals surface area (Å²) in [6.45, 7) is 1.73. The van der Waals surface area contributed by atoms with E-state index in [1.165, 1.54) is 6.07 Å². The first kappa shape index (κ1) is 10.7. The number of benzene rings is 1. The van der Waals surface area contributed by atoms with Crippen molar-refractivity contribution < 1.29 is 9.50 Å². The van der Waals surface area contributed by atoms with Gasteiger partial charge in [-0.2, -0.15) is 0 Å². The van der Waals surface area contributed by atoms with E-state index < -0.39 is 0 Å². The van der Waals surface area contributed by atoms with Crippen molar-refractivity contribution in [1.82, 2.24) is 0 Å². The van der Waals surface area contributed by atoms with Crippen LogP contribution in [0.3, 0.4) is 0 Å². The predicted molar refractivity (Wildman–Crippen MR) is 54.1 cm³/mol. The molecule has 0 saturated heterocycles. The lowest BCUT2D eigenvalue weighted by atomic mass is 10.1. The molecule has 1 aromatic carbocycles. The second-order valence-electron chi connectivity index (χ2n) is 3.14. The lowest BCUT2D eigenvalue weighted by Gasteiger charge is -2.04. The molecule has 0 radical (unpaired) electrons. The van der Waals surface area contributed by atoms with Crippen LogP contribution in [-0.2, 0) is 6.42 Å². The minimum Gasteiger partial charge on any atom is -0.393 e. The van der Waals surface area contributed by atoms with Crippen LogP contribution in [0.4, 0.5) is 4.39 Å². The number of aliphatic hydroxyl groups is 1. The SMILES string of the molecule is C[C@H](O)CCc1ccc(Br)c(F)c1. The molecule has 0 spiro atoms. The second-order valence-corrected chi connectivity index (χ2v) is 3.99. The fraction of sp³-hybridized carbons (Fsp3) is 0.400. The van der Waals surface area contributed by atoms with Crippen molar-refractivity contribution in [2.75, 3.05) is 0 Å². The molecule has 0 aromatic heterocycles. The van der Waals surface area contributed by atoms with Crippen molar-refractivity contribution in [3.63, 3.8) is 0 Å². The highest BCUT2D eigenvalue weighted by atomic mass is 79.9. The van der Waals surface area contributed by atoms with Gasteiger partial charge >= 0.3 is 0 Å². The van der Waals surface area contributed by atoms with E-state index in [2.05, 4.69) is 15.9 Å². The van der Waals surface area contributed by atoms with Crippen LogP contribution in [0.15, 0.2) is 22.7 Å². The highest BCUT2D eigenvalue weighted by molar-refractivity contribution is 9.10. The van der Waals surface area contributed by atoms with E-state index in [4.69, 9.17) is 5.11 Å². The predicted octanol–water partition coefficient (Wildman–Crippen LogP) is 2.90. The third-order valence-electron chi connectivity index (χ3n) is 1.83. The summed E-state index contributed by atoms with van der Waals surface area (Å²) in [5.41, 5.74) is 0.918. The van der Waals surface area contributed by atoms with Crippen LogP contribution >= 0.6 is 15.9 Å². The number of rotatable bonds is 3. The van der Waals surface area contributed by atoms with E-state index >= 15 is 0 Å². The fourth-order valence-corrected chi connectivity index (χ4v) is 1.32. The molecule has 0 bridgehead atoms. The van der Waals surface area contributed by atoms with E-state index in [0.29, 0.717) is 17.3 Å². The highest BCUT2D eigenvalue weighted by Crippen LogP contribution is 2.17. The summed E-state index contributed by atoms with van der Waals surface area (Å²) in [6.07, 6.45) is 1.05. The molecule has 1 aromatic rings. The smallest absolute Gasteiger partial charge is 0.137 e. The molecule has 0 saturated carbocycles. The van der Waals surface area contributed by atoms with Crippen molar-refractivity contribution in [3.8, 4) is 0 Å². The molecular weight excluding hydrogens is 235 g/mol. The van der Waals surface area contributed by atoms with Gasteiger partial charge in [-0.25, -0.2) is 4.39 Å². The van der Waals surface area contributed by atoms with Gasteiger partial charge in [0.1, 0.15) is 5.82 Å². The van der Waals surface area contributed by atoms with Gasteiger partial charge in [-0.15, -0.1) is 0 Å².